The Morgan fingerprint density at radius 3 is 2.21 bits per heavy atom. The number of carbonyl (C=O) groups is 1. The molecule has 1 atom stereocenters. The molecule has 0 bridgehead atoms. The summed E-state index contributed by atoms with van der Waals surface area (Å²) < 4.78 is 6.11. The zero-order valence-corrected chi connectivity index (χ0v) is 20.7. The molecular weight excluding hydrogens is 422 g/mol. The number of ether oxygens (including phenoxy) is 1. The first-order valence-electron chi connectivity index (χ1n) is 12.0. The zero-order chi connectivity index (χ0) is 24.3. The molecule has 4 nitrogen and oxygen atoms in total. The van der Waals surface area contributed by atoms with Crippen LogP contribution in [0.2, 0.25) is 0 Å². The highest BCUT2D eigenvalue weighted by atomic mass is 16.5. The smallest absolute Gasteiger partial charge is 0.255 e. The summed E-state index contributed by atoms with van der Waals surface area (Å²) in [5.41, 5.74) is 6.33. The maximum atomic E-state index is 13.0. The highest BCUT2D eigenvalue weighted by molar-refractivity contribution is 6.04. The Kier molecular flexibility index (Phi) is 5.05. The molecule has 1 aliphatic carbocycles. The number of amides is 1. The van der Waals surface area contributed by atoms with Crippen LogP contribution in [-0.4, -0.2) is 17.6 Å². The molecule has 1 aliphatic heterocycles. The van der Waals surface area contributed by atoms with Gasteiger partial charge >= 0.3 is 0 Å². The monoisotopic (exact) mass is 455 g/mol. The highest BCUT2D eigenvalue weighted by Gasteiger charge is 2.42. The molecule has 5 rings (SSSR count). The van der Waals surface area contributed by atoms with Crippen molar-refractivity contribution in [3.63, 3.8) is 0 Å². The van der Waals surface area contributed by atoms with E-state index in [1.165, 1.54) is 29.5 Å². The van der Waals surface area contributed by atoms with Crippen molar-refractivity contribution in [1.82, 2.24) is 0 Å². The fourth-order valence-electron chi connectivity index (χ4n) is 5.45. The number of phenolic OH excluding ortho intramolecular Hbond substituents is 1. The first-order chi connectivity index (χ1) is 16.0. The number of benzene rings is 3. The molecule has 0 saturated carbocycles. The first kappa shape index (κ1) is 22.5. The van der Waals surface area contributed by atoms with Crippen LogP contribution in [0.1, 0.15) is 80.1 Å². The van der Waals surface area contributed by atoms with Gasteiger partial charge in [-0.1, -0.05) is 45.9 Å². The van der Waals surface area contributed by atoms with Gasteiger partial charge in [0.1, 0.15) is 18.1 Å². The summed E-state index contributed by atoms with van der Waals surface area (Å²) in [5, 5.41) is 12.4. The Morgan fingerprint density at radius 2 is 1.50 bits per heavy atom. The molecule has 1 amide bonds. The molecule has 0 spiro atoms. The molecule has 0 aromatic heterocycles. The van der Waals surface area contributed by atoms with Crippen LogP contribution in [0.3, 0.4) is 0 Å². The number of hydrogen-bond acceptors (Lipinski definition) is 3. The van der Waals surface area contributed by atoms with E-state index in [4.69, 9.17) is 4.74 Å². The molecule has 2 N–H and O–H groups in total. The minimum atomic E-state index is -0.336. The Labute approximate surface area is 202 Å². The summed E-state index contributed by atoms with van der Waals surface area (Å²) in [5.74, 6) is 0.817. The van der Waals surface area contributed by atoms with Gasteiger partial charge in [0, 0.05) is 16.8 Å². The van der Waals surface area contributed by atoms with Gasteiger partial charge in [0.05, 0.1) is 5.41 Å². The molecule has 176 valence electrons. The second-order valence-corrected chi connectivity index (χ2v) is 11.4. The SMILES string of the molecule is CC1(C)CCC(C)(C)c2cc(C3(C)COc4ccc(C(=O)Nc5ccc(O)cc5)cc43)ccc21. The summed E-state index contributed by atoms with van der Waals surface area (Å²) in [6, 6.07) is 19.1. The summed E-state index contributed by atoms with van der Waals surface area (Å²) in [6.45, 7) is 12.1. The Bertz CT molecular complexity index is 1270. The third kappa shape index (κ3) is 3.66. The largest absolute Gasteiger partial charge is 0.508 e. The van der Waals surface area contributed by atoms with Crippen molar-refractivity contribution < 1.29 is 14.6 Å². The summed E-state index contributed by atoms with van der Waals surface area (Å²) in [4.78, 5) is 13.0. The van der Waals surface area contributed by atoms with Crippen molar-refractivity contribution in [2.45, 2.75) is 63.7 Å². The van der Waals surface area contributed by atoms with Crippen LogP contribution in [-0.2, 0) is 16.2 Å². The third-order valence-electron chi connectivity index (χ3n) is 7.97. The topological polar surface area (TPSA) is 58.6 Å². The second kappa shape index (κ2) is 7.63. The van der Waals surface area contributed by atoms with Gasteiger partial charge < -0.3 is 15.2 Å². The Balaban J connectivity index is 1.51. The number of hydrogen-bond donors (Lipinski definition) is 2. The van der Waals surface area contributed by atoms with Crippen LogP contribution >= 0.6 is 0 Å². The molecule has 2 aliphatic rings. The lowest BCUT2D eigenvalue weighted by Gasteiger charge is -2.42. The molecule has 3 aromatic rings. The van der Waals surface area contributed by atoms with E-state index in [-0.39, 0.29) is 27.9 Å². The van der Waals surface area contributed by atoms with Crippen LogP contribution in [0.25, 0.3) is 0 Å². The van der Waals surface area contributed by atoms with Crippen LogP contribution in [0, 0.1) is 0 Å². The maximum absolute atomic E-state index is 13.0. The normalized spacial score (nSPS) is 21.8. The number of aromatic hydroxyl groups is 1. The van der Waals surface area contributed by atoms with Crippen molar-refractivity contribution in [2.75, 3.05) is 11.9 Å². The molecule has 4 heteroatoms. The van der Waals surface area contributed by atoms with E-state index >= 15 is 0 Å². The highest BCUT2D eigenvalue weighted by Crippen LogP contribution is 2.49. The predicted molar refractivity (Wildman–Crippen MR) is 136 cm³/mol. The fraction of sp³-hybridized carbons (Fsp3) is 0.367. The standard InChI is InChI=1S/C30H33NO3/c1-28(2)14-15-29(3,4)24-17-20(7-12-23(24)28)30(5)18-34-26-13-6-19(16-25(26)30)27(33)31-21-8-10-22(32)11-9-21/h6-13,16-17,32H,14-15,18H2,1-5H3,(H,31,33). The lowest BCUT2D eigenvalue weighted by atomic mass is 9.62. The molecule has 1 heterocycles. The Hall–Kier alpha value is -3.27. The van der Waals surface area contributed by atoms with Crippen molar-refractivity contribution in [1.29, 1.82) is 0 Å². The average Bonchev–Trinajstić information content (AvgIpc) is 3.15. The number of phenols is 1. The van der Waals surface area contributed by atoms with Gasteiger partial charge in [0.15, 0.2) is 0 Å². The first-order valence-corrected chi connectivity index (χ1v) is 12.0. The van der Waals surface area contributed by atoms with E-state index in [0.29, 0.717) is 17.9 Å². The minimum Gasteiger partial charge on any atom is -0.508 e. The quantitative estimate of drug-likeness (QED) is 0.433. The van der Waals surface area contributed by atoms with Gasteiger partial charge in [-0.05, 0) is 89.8 Å². The molecule has 0 fully saturated rings. The van der Waals surface area contributed by atoms with E-state index in [1.54, 1.807) is 30.3 Å². The second-order valence-electron chi connectivity index (χ2n) is 11.4. The van der Waals surface area contributed by atoms with E-state index in [9.17, 15) is 9.90 Å². The van der Waals surface area contributed by atoms with Gasteiger partial charge in [0.25, 0.3) is 5.91 Å². The summed E-state index contributed by atoms with van der Waals surface area (Å²) in [6.07, 6.45) is 2.36. The van der Waals surface area contributed by atoms with Gasteiger partial charge in [-0.2, -0.15) is 0 Å². The molecule has 34 heavy (non-hydrogen) atoms. The van der Waals surface area contributed by atoms with Crippen molar-refractivity contribution >= 4 is 11.6 Å². The van der Waals surface area contributed by atoms with Crippen molar-refractivity contribution in [3.8, 4) is 11.5 Å². The van der Waals surface area contributed by atoms with Crippen LogP contribution in [0.15, 0.2) is 60.7 Å². The lowest BCUT2D eigenvalue weighted by Crippen LogP contribution is -2.35. The van der Waals surface area contributed by atoms with Gasteiger partial charge in [-0.3, -0.25) is 4.79 Å². The van der Waals surface area contributed by atoms with Crippen LogP contribution < -0.4 is 10.1 Å². The van der Waals surface area contributed by atoms with E-state index in [1.807, 2.05) is 12.1 Å². The molecule has 0 radical (unpaired) electrons. The number of carbonyl (C=O) groups excluding carboxylic acids is 1. The van der Waals surface area contributed by atoms with E-state index in [2.05, 4.69) is 58.1 Å². The maximum Gasteiger partial charge on any atom is 0.255 e. The molecule has 1 unspecified atom stereocenters. The van der Waals surface area contributed by atoms with Crippen LogP contribution in [0.5, 0.6) is 11.5 Å². The number of fused-ring (bicyclic) bond motifs is 2. The van der Waals surface area contributed by atoms with Gasteiger partial charge in [-0.25, -0.2) is 0 Å². The van der Waals surface area contributed by atoms with Gasteiger partial charge in [0.2, 0.25) is 0 Å². The van der Waals surface area contributed by atoms with E-state index < -0.39 is 0 Å². The molecule has 0 saturated heterocycles. The van der Waals surface area contributed by atoms with Crippen LogP contribution in [0.4, 0.5) is 5.69 Å². The summed E-state index contributed by atoms with van der Waals surface area (Å²) >= 11 is 0. The van der Waals surface area contributed by atoms with Gasteiger partial charge in [-0.15, -0.1) is 0 Å². The zero-order valence-electron chi connectivity index (χ0n) is 20.7. The molecule has 3 aromatic carbocycles. The fourth-order valence-corrected chi connectivity index (χ4v) is 5.45. The number of anilines is 1. The average molecular weight is 456 g/mol. The number of rotatable bonds is 3. The van der Waals surface area contributed by atoms with Crippen molar-refractivity contribution in [3.05, 3.63) is 88.5 Å². The van der Waals surface area contributed by atoms with Crippen molar-refractivity contribution in [2.24, 2.45) is 0 Å². The lowest BCUT2D eigenvalue weighted by molar-refractivity contribution is 0.102. The summed E-state index contributed by atoms with van der Waals surface area (Å²) in [7, 11) is 0. The Morgan fingerprint density at radius 1 is 0.824 bits per heavy atom. The molecular formula is C30H33NO3. The number of nitrogens with one attached hydrogen (secondary N) is 1. The predicted octanol–water partition coefficient (Wildman–Crippen LogP) is 6.69. The van der Waals surface area contributed by atoms with E-state index in [0.717, 1.165) is 11.3 Å². The third-order valence-corrected chi connectivity index (χ3v) is 7.97. The minimum absolute atomic E-state index is 0.130.